The number of morpholine rings is 1. The molecule has 4 heterocycles. The minimum atomic E-state index is -0.176. The van der Waals surface area contributed by atoms with Crippen LogP contribution in [0.4, 0.5) is 5.95 Å². The van der Waals surface area contributed by atoms with Gasteiger partial charge < -0.3 is 14.4 Å². The van der Waals surface area contributed by atoms with Gasteiger partial charge in [-0.2, -0.15) is 10.1 Å². The highest BCUT2D eigenvalue weighted by Gasteiger charge is 2.32. The third-order valence-electron chi connectivity index (χ3n) is 5.31. The van der Waals surface area contributed by atoms with Crippen LogP contribution in [0, 0.1) is 5.92 Å². The Kier molecular flexibility index (Phi) is 4.14. The maximum atomic E-state index is 12.6. The molecular weight excluding hydrogens is 346 g/mol. The molecule has 2 fully saturated rings. The molecule has 1 N–H and O–H groups in total. The number of H-pyrrole nitrogens is 1. The normalized spacial score (nSPS) is 23.2. The molecule has 0 radical (unpaired) electrons. The maximum absolute atomic E-state index is 12.6. The van der Waals surface area contributed by atoms with Crippen LogP contribution in [0.3, 0.4) is 0 Å². The number of ether oxygens (including phenoxy) is 2. The lowest BCUT2D eigenvalue weighted by molar-refractivity contribution is -0.00168. The summed E-state index contributed by atoms with van der Waals surface area (Å²) in [6.07, 6.45) is 2.68. The van der Waals surface area contributed by atoms with E-state index in [2.05, 4.69) is 15.0 Å². The molecule has 8 nitrogen and oxygen atoms in total. The molecule has 2 atom stereocenters. The van der Waals surface area contributed by atoms with Crippen LogP contribution in [0.25, 0.3) is 16.7 Å². The number of nitrogens with zero attached hydrogens (tertiary/aromatic N) is 4. The quantitative estimate of drug-likeness (QED) is 0.752. The molecule has 0 amide bonds. The van der Waals surface area contributed by atoms with Crippen LogP contribution in [0.2, 0.25) is 0 Å². The second-order valence-electron chi connectivity index (χ2n) is 7.00. The number of rotatable bonds is 3. The number of fused-ring (bicyclic) bond motifs is 1. The molecule has 0 aliphatic carbocycles. The molecule has 140 valence electrons. The molecular formula is C19H21N5O3. The van der Waals surface area contributed by atoms with E-state index in [9.17, 15) is 4.79 Å². The summed E-state index contributed by atoms with van der Waals surface area (Å²) in [4.78, 5) is 22.3. The van der Waals surface area contributed by atoms with Crippen LogP contribution in [-0.2, 0) is 9.47 Å². The lowest BCUT2D eigenvalue weighted by atomic mass is 10.0. The molecule has 0 bridgehead atoms. The number of hydrogen-bond donors (Lipinski definition) is 1. The molecule has 1 aromatic carbocycles. The molecule has 2 aliphatic rings. The van der Waals surface area contributed by atoms with Gasteiger partial charge in [0, 0.05) is 25.6 Å². The average Bonchev–Trinajstić information content (AvgIpc) is 3.39. The zero-order valence-electron chi connectivity index (χ0n) is 14.9. The summed E-state index contributed by atoms with van der Waals surface area (Å²) in [5, 5.41) is 4.85. The Morgan fingerprint density at radius 2 is 2.07 bits per heavy atom. The van der Waals surface area contributed by atoms with Crippen LogP contribution in [0.5, 0.6) is 0 Å². The molecule has 2 saturated heterocycles. The molecule has 2 aliphatic heterocycles. The molecule has 8 heteroatoms. The van der Waals surface area contributed by atoms with Crippen molar-refractivity contribution in [2.45, 2.75) is 12.5 Å². The molecule has 2 unspecified atom stereocenters. The first kappa shape index (κ1) is 16.5. The van der Waals surface area contributed by atoms with Crippen molar-refractivity contribution in [1.29, 1.82) is 0 Å². The third-order valence-corrected chi connectivity index (χ3v) is 5.31. The van der Waals surface area contributed by atoms with E-state index in [4.69, 9.17) is 14.5 Å². The smallest absolute Gasteiger partial charge is 0.263 e. The highest BCUT2D eigenvalue weighted by molar-refractivity contribution is 5.76. The van der Waals surface area contributed by atoms with E-state index < -0.39 is 0 Å². The second-order valence-corrected chi connectivity index (χ2v) is 7.00. The second kappa shape index (κ2) is 6.79. The van der Waals surface area contributed by atoms with Crippen LogP contribution >= 0.6 is 0 Å². The van der Waals surface area contributed by atoms with Crippen molar-refractivity contribution < 1.29 is 9.47 Å². The predicted molar refractivity (Wildman–Crippen MR) is 100 cm³/mol. The van der Waals surface area contributed by atoms with Gasteiger partial charge >= 0.3 is 0 Å². The summed E-state index contributed by atoms with van der Waals surface area (Å²) >= 11 is 0. The van der Waals surface area contributed by atoms with Gasteiger partial charge in [-0.25, -0.2) is 4.68 Å². The van der Waals surface area contributed by atoms with E-state index in [-0.39, 0.29) is 11.7 Å². The number of anilines is 1. The number of hydrogen-bond acceptors (Lipinski definition) is 6. The Hall–Kier alpha value is -2.71. The number of aromatic amines is 1. The molecule has 27 heavy (non-hydrogen) atoms. The zero-order chi connectivity index (χ0) is 18.2. The summed E-state index contributed by atoms with van der Waals surface area (Å²) in [5.74, 6) is 0.968. The standard InChI is InChI=1S/C19H21N5O3/c25-18-15-10-20-24(14-4-2-1-3-5-14)17(15)21-19(22-18)23-7-9-27-16(11-23)13-6-8-26-12-13/h1-5,10,13,16H,6-9,11-12H2,(H,21,22,25). The zero-order valence-corrected chi connectivity index (χ0v) is 14.9. The van der Waals surface area contributed by atoms with Gasteiger partial charge in [-0.05, 0) is 18.6 Å². The van der Waals surface area contributed by atoms with Crippen LogP contribution in [0.15, 0.2) is 41.3 Å². The highest BCUT2D eigenvalue weighted by atomic mass is 16.5. The van der Waals surface area contributed by atoms with Crippen molar-refractivity contribution in [3.05, 3.63) is 46.9 Å². The highest BCUT2D eigenvalue weighted by Crippen LogP contribution is 2.24. The molecule has 0 saturated carbocycles. The fourth-order valence-corrected chi connectivity index (χ4v) is 3.81. The van der Waals surface area contributed by atoms with Crippen molar-refractivity contribution in [2.24, 2.45) is 5.92 Å². The van der Waals surface area contributed by atoms with E-state index in [0.29, 0.717) is 42.6 Å². The van der Waals surface area contributed by atoms with Gasteiger partial charge in [-0.1, -0.05) is 18.2 Å². The van der Waals surface area contributed by atoms with E-state index in [1.165, 1.54) is 0 Å². The van der Waals surface area contributed by atoms with Crippen molar-refractivity contribution in [2.75, 3.05) is 37.8 Å². The van der Waals surface area contributed by atoms with Gasteiger partial charge in [0.1, 0.15) is 5.39 Å². The lowest BCUT2D eigenvalue weighted by Gasteiger charge is -2.35. The monoisotopic (exact) mass is 367 g/mol. The number of benzene rings is 1. The van der Waals surface area contributed by atoms with E-state index >= 15 is 0 Å². The van der Waals surface area contributed by atoms with Gasteiger partial charge in [0.2, 0.25) is 5.95 Å². The topological polar surface area (TPSA) is 85.3 Å². The Morgan fingerprint density at radius 3 is 2.89 bits per heavy atom. The maximum Gasteiger partial charge on any atom is 0.263 e. The van der Waals surface area contributed by atoms with Gasteiger partial charge in [-0.3, -0.25) is 9.78 Å². The fraction of sp³-hybridized carbons (Fsp3) is 0.421. The molecule has 0 spiro atoms. The van der Waals surface area contributed by atoms with Gasteiger partial charge in [0.25, 0.3) is 5.56 Å². The Morgan fingerprint density at radius 1 is 1.19 bits per heavy atom. The van der Waals surface area contributed by atoms with Gasteiger partial charge in [0.15, 0.2) is 5.65 Å². The Bertz CT molecular complexity index is 993. The fourth-order valence-electron chi connectivity index (χ4n) is 3.81. The SMILES string of the molecule is O=c1[nH]c(N2CCOC(C3CCOC3)C2)nc2c1cnn2-c1ccccc1. The number of nitrogens with one attached hydrogen (secondary N) is 1. The summed E-state index contributed by atoms with van der Waals surface area (Å²) in [5.41, 5.74) is 1.26. The first-order valence-electron chi connectivity index (χ1n) is 9.27. The first-order valence-corrected chi connectivity index (χ1v) is 9.27. The third kappa shape index (κ3) is 3.00. The minimum absolute atomic E-state index is 0.0984. The summed E-state index contributed by atoms with van der Waals surface area (Å²) in [6, 6.07) is 9.71. The van der Waals surface area contributed by atoms with Crippen molar-refractivity contribution in [3.8, 4) is 5.69 Å². The van der Waals surface area contributed by atoms with E-state index in [1.807, 2.05) is 30.3 Å². The predicted octanol–water partition coefficient (Wildman–Crippen LogP) is 1.35. The molecule has 2 aromatic heterocycles. The van der Waals surface area contributed by atoms with Gasteiger partial charge in [-0.15, -0.1) is 0 Å². The van der Waals surface area contributed by atoms with Crippen molar-refractivity contribution >= 4 is 17.0 Å². The van der Waals surface area contributed by atoms with E-state index in [1.54, 1.807) is 10.9 Å². The van der Waals surface area contributed by atoms with Crippen LogP contribution < -0.4 is 10.5 Å². The largest absolute Gasteiger partial charge is 0.381 e. The molecule has 5 rings (SSSR count). The van der Waals surface area contributed by atoms with E-state index in [0.717, 1.165) is 25.3 Å². The molecule has 3 aromatic rings. The lowest BCUT2D eigenvalue weighted by Crippen LogP contribution is -2.47. The minimum Gasteiger partial charge on any atom is -0.381 e. The van der Waals surface area contributed by atoms with Crippen molar-refractivity contribution in [3.63, 3.8) is 0 Å². The van der Waals surface area contributed by atoms with Crippen molar-refractivity contribution in [1.82, 2.24) is 19.7 Å². The summed E-state index contributed by atoms with van der Waals surface area (Å²) < 4.78 is 13.2. The average molecular weight is 367 g/mol. The number of aromatic nitrogens is 4. The summed E-state index contributed by atoms with van der Waals surface area (Å²) in [7, 11) is 0. The Balaban J connectivity index is 1.51. The Labute approximate surface area is 155 Å². The van der Waals surface area contributed by atoms with Crippen LogP contribution in [0.1, 0.15) is 6.42 Å². The van der Waals surface area contributed by atoms with Gasteiger partial charge in [0.05, 0.1) is 31.2 Å². The first-order chi connectivity index (χ1) is 13.3. The summed E-state index contributed by atoms with van der Waals surface area (Å²) in [6.45, 7) is 3.53. The number of para-hydroxylation sites is 1. The van der Waals surface area contributed by atoms with Crippen LogP contribution in [-0.4, -0.2) is 58.8 Å².